The quantitative estimate of drug-likeness (QED) is 0.793. The fourth-order valence-electron chi connectivity index (χ4n) is 3.77. The van der Waals surface area contributed by atoms with Gasteiger partial charge in [0.2, 0.25) is 11.8 Å². The van der Waals surface area contributed by atoms with Gasteiger partial charge in [-0.2, -0.15) is 5.10 Å². The average Bonchev–Trinajstić information content (AvgIpc) is 3.31. The van der Waals surface area contributed by atoms with Crippen LogP contribution in [0.25, 0.3) is 0 Å². The predicted octanol–water partition coefficient (Wildman–Crippen LogP) is 1.28. The number of piperidine rings is 1. The summed E-state index contributed by atoms with van der Waals surface area (Å²) in [6.07, 6.45) is 3.95. The molecule has 3 rings (SSSR count). The van der Waals surface area contributed by atoms with Gasteiger partial charge in [0.1, 0.15) is 6.61 Å². The van der Waals surface area contributed by atoms with Crippen LogP contribution < -0.4 is 5.32 Å². The minimum Gasteiger partial charge on any atom is -0.375 e. The fourth-order valence-corrected chi connectivity index (χ4v) is 3.77. The Kier molecular flexibility index (Phi) is 5.65. The molecule has 2 fully saturated rings. The number of nitrogens with zero attached hydrogens (tertiary/aromatic N) is 3. The maximum atomic E-state index is 12.6. The Balaban J connectivity index is 1.50. The molecule has 1 aliphatic carbocycles. The summed E-state index contributed by atoms with van der Waals surface area (Å²) >= 11 is 0. The van der Waals surface area contributed by atoms with E-state index in [2.05, 4.69) is 28.1 Å². The molecule has 1 atom stereocenters. The molecule has 2 amide bonds. The molecule has 144 valence electrons. The monoisotopic (exact) mass is 362 g/mol. The van der Waals surface area contributed by atoms with Crippen molar-refractivity contribution in [1.29, 1.82) is 0 Å². The van der Waals surface area contributed by atoms with Crippen LogP contribution in [0.5, 0.6) is 0 Å². The first-order valence-electron chi connectivity index (χ1n) is 9.48. The molecule has 1 saturated carbocycles. The van der Waals surface area contributed by atoms with Gasteiger partial charge in [0.25, 0.3) is 0 Å². The molecular weight excluding hydrogens is 332 g/mol. The topological polar surface area (TPSA) is 76.5 Å². The van der Waals surface area contributed by atoms with Gasteiger partial charge in [-0.1, -0.05) is 0 Å². The number of nitrogens with one attached hydrogen (secondary N) is 1. The number of methoxy groups -OCH3 is 1. The molecule has 1 aromatic rings. The summed E-state index contributed by atoms with van der Waals surface area (Å²) in [5.41, 5.74) is 2.34. The van der Waals surface area contributed by atoms with Crippen molar-refractivity contribution in [2.24, 2.45) is 11.3 Å². The molecule has 1 N–H and O–H groups in total. The van der Waals surface area contributed by atoms with Gasteiger partial charge in [-0.3, -0.25) is 14.3 Å². The van der Waals surface area contributed by atoms with E-state index in [4.69, 9.17) is 4.74 Å². The lowest BCUT2D eigenvalue weighted by atomic mass is 9.96. The SMILES string of the molecule is COCC(=O)N1CCC[C@H](C(=O)NCC2(Cn3nc(C)cc3C)CC2)C1. The maximum absolute atomic E-state index is 12.6. The highest BCUT2D eigenvalue weighted by Crippen LogP contribution is 2.46. The van der Waals surface area contributed by atoms with Gasteiger partial charge in [0, 0.05) is 44.4 Å². The number of likely N-dealkylation sites (tertiary alicyclic amines) is 1. The average molecular weight is 362 g/mol. The molecule has 0 spiro atoms. The molecule has 0 aromatic carbocycles. The molecule has 7 heteroatoms. The first-order valence-corrected chi connectivity index (χ1v) is 9.48. The van der Waals surface area contributed by atoms with Crippen molar-refractivity contribution in [3.8, 4) is 0 Å². The first-order chi connectivity index (χ1) is 12.4. The lowest BCUT2D eigenvalue weighted by molar-refractivity contribution is -0.139. The van der Waals surface area contributed by atoms with Gasteiger partial charge < -0.3 is 15.0 Å². The van der Waals surface area contributed by atoms with Crippen LogP contribution in [0.15, 0.2) is 6.07 Å². The maximum Gasteiger partial charge on any atom is 0.248 e. The van der Waals surface area contributed by atoms with Gasteiger partial charge >= 0.3 is 0 Å². The van der Waals surface area contributed by atoms with Crippen LogP contribution in [0.4, 0.5) is 0 Å². The van der Waals surface area contributed by atoms with Gasteiger partial charge in [-0.05, 0) is 45.6 Å². The molecule has 7 nitrogen and oxygen atoms in total. The summed E-state index contributed by atoms with van der Waals surface area (Å²) in [6, 6.07) is 2.09. The number of amides is 2. The van der Waals surface area contributed by atoms with E-state index in [0.717, 1.165) is 37.9 Å². The van der Waals surface area contributed by atoms with Gasteiger partial charge in [0.15, 0.2) is 0 Å². The van der Waals surface area contributed by atoms with Crippen LogP contribution in [-0.2, 0) is 20.9 Å². The smallest absolute Gasteiger partial charge is 0.248 e. The van der Waals surface area contributed by atoms with Crippen molar-refractivity contribution in [3.63, 3.8) is 0 Å². The summed E-state index contributed by atoms with van der Waals surface area (Å²) in [5.74, 6) is -0.0817. The highest BCUT2D eigenvalue weighted by molar-refractivity contribution is 5.81. The third-order valence-corrected chi connectivity index (χ3v) is 5.60. The van der Waals surface area contributed by atoms with E-state index in [1.54, 1.807) is 4.90 Å². The van der Waals surface area contributed by atoms with Crippen molar-refractivity contribution in [1.82, 2.24) is 20.0 Å². The third kappa shape index (κ3) is 4.44. The van der Waals surface area contributed by atoms with Crippen molar-refractivity contribution in [2.75, 3.05) is 33.4 Å². The minimum absolute atomic E-state index is 0.0341. The Morgan fingerprint density at radius 3 is 2.77 bits per heavy atom. The molecule has 1 aromatic heterocycles. The number of aromatic nitrogens is 2. The number of hydrogen-bond donors (Lipinski definition) is 1. The summed E-state index contributed by atoms with van der Waals surface area (Å²) in [4.78, 5) is 26.4. The number of carbonyl (C=O) groups is 2. The number of carbonyl (C=O) groups excluding carboxylic acids is 2. The minimum atomic E-state index is -0.117. The van der Waals surface area contributed by atoms with Gasteiger partial charge in [0.05, 0.1) is 11.6 Å². The zero-order chi connectivity index (χ0) is 18.7. The number of ether oxygens (including phenoxy) is 1. The highest BCUT2D eigenvalue weighted by atomic mass is 16.5. The fraction of sp³-hybridized carbons (Fsp3) is 0.737. The van der Waals surface area contributed by atoms with E-state index in [9.17, 15) is 9.59 Å². The third-order valence-electron chi connectivity index (χ3n) is 5.60. The van der Waals surface area contributed by atoms with Gasteiger partial charge in [-0.15, -0.1) is 0 Å². The summed E-state index contributed by atoms with van der Waals surface area (Å²) in [6.45, 7) is 6.92. The van der Waals surface area contributed by atoms with Crippen molar-refractivity contribution in [3.05, 3.63) is 17.5 Å². The lowest BCUT2D eigenvalue weighted by Gasteiger charge is -2.32. The Morgan fingerprint density at radius 1 is 1.38 bits per heavy atom. The van der Waals surface area contributed by atoms with Crippen LogP contribution in [0.1, 0.15) is 37.1 Å². The number of hydrogen-bond acceptors (Lipinski definition) is 4. The van der Waals surface area contributed by atoms with Gasteiger partial charge in [-0.25, -0.2) is 0 Å². The molecule has 0 bridgehead atoms. The highest BCUT2D eigenvalue weighted by Gasteiger charge is 2.44. The van der Waals surface area contributed by atoms with Crippen LogP contribution in [-0.4, -0.2) is 59.8 Å². The normalized spacial score (nSPS) is 21.5. The largest absolute Gasteiger partial charge is 0.375 e. The van der Waals surface area contributed by atoms with E-state index >= 15 is 0 Å². The lowest BCUT2D eigenvalue weighted by Crippen LogP contribution is -2.47. The molecule has 1 saturated heterocycles. The molecule has 1 aliphatic heterocycles. The summed E-state index contributed by atoms with van der Waals surface area (Å²) in [5, 5.41) is 7.69. The van der Waals surface area contributed by atoms with E-state index in [1.807, 2.05) is 6.92 Å². The zero-order valence-corrected chi connectivity index (χ0v) is 16.1. The van der Waals surface area contributed by atoms with Crippen LogP contribution >= 0.6 is 0 Å². The summed E-state index contributed by atoms with van der Waals surface area (Å²) in [7, 11) is 1.52. The van der Waals surface area contributed by atoms with Crippen molar-refractivity contribution in [2.45, 2.75) is 46.1 Å². The molecule has 0 unspecified atom stereocenters. The second kappa shape index (κ2) is 7.78. The number of rotatable bonds is 7. The van der Waals surface area contributed by atoms with E-state index < -0.39 is 0 Å². The second-order valence-electron chi connectivity index (χ2n) is 7.91. The zero-order valence-electron chi connectivity index (χ0n) is 16.1. The Morgan fingerprint density at radius 2 is 2.15 bits per heavy atom. The van der Waals surface area contributed by atoms with Crippen molar-refractivity contribution < 1.29 is 14.3 Å². The van der Waals surface area contributed by atoms with Crippen molar-refractivity contribution >= 4 is 11.8 Å². The first kappa shape index (κ1) is 18.9. The summed E-state index contributed by atoms with van der Waals surface area (Å²) < 4.78 is 6.98. The van der Waals surface area contributed by atoms with E-state index in [-0.39, 0.29) is 29.8 Å². The standard InChI is InChI=1S/C19H30N4O3/c1-14-9-15(2)23(21-14)13-19(6-7-19)12-20-18(25)16-5-4-8-22(10-16)17(24)11-26-3/h9,16H,4-8,10-13H2,1-3H3,(H,20,25)/t16-/m0/s1. The molecule has 26 heavy (non-hydrogen) atoms. The number of aryl methyl sites for hydroxylation is 2. The molecular formula is C19H30N4O3. The predicted molar refractivity (Wildman–Crippen MR) is 97.6 cm³/mol. The molecule has 2 heterocycles. The second-order valence-corrected chi connectivity index (χ2v) is 7.91. The Hall–Kier alpha value is -1.89. The van der Waals surface area contributed by atoms with Crippen LogP contribution in [0.3, 0.4) is 0 Å². The van der Waals surface area contributed by atoms with E-state index in [0.29, 0.717) is 19.6 Å². The van der Waals surface area contributed by atoms with Crippen LogP contribution in [0, 0.1) is 25.2 Å². The Bertz CT molecular complexity index is 666. The Labute approximate surface area is 155 Å². The molecule has 2 aliphatic rings. The molecule has 0 radical (unpaired) electrons. The van der Waals surface area contributed by atoms with Crippen LogP contribution in [0.2, 0.25) is 0 Å². The van der Waals surface area contributed by atoms with E-state index in [1.165, 1.54) is 12.8 Å².